The van der Waals surface area contributed by atoms with Gasteiger partial charge < -0.3 is 14.4 Å². The average molecular weight is 430 g/mol. The van der Waals surface area contributed by atoms with Crippen molar-refractivity contribution in [3.8, 4) is 5.69 Å². The van der Waals surface area contributed by atoms with Gasteiger partial charge in [-0.3, -0.25) is 4.79 Å². The summed E-state index contributed by atoms with van der Waals surface area (Å²) in [5.74, 6) is -0.537. The maximum absolute atomic E-state index is 13.8. The highest BCUT2D eigenvalue weighted by Gasteiger charge is 2.42. The number of aromatic nitrogens is 2. The maximum atomic E-state index is 13.8. The molecule has 2 aromatic rings. The van der Waals surface area contributed by atoms with Gasteiger partial charge in [-0.1, -0.05) is 11.6 Å². The number of carbonyl (C=O) groups excluding carboxylic acids is 1. The number of rotatable bonds is 3. The fourth-order valence-corrected chi connectivity index (χ4v) is 3.88. The average Bonchev–Trinajstić information content (AvgIpc) is 3.38. The van der Waals surface area contributed by atoms with E-state index in [1.807, 2.05) is 0 Å². The van der Waals surface area contributed by atoms with Crippen LogP contribution in [0.2, 0.25) is 5.02 Å². The number of benzene rings is 1. The smallest absolute Gasteiger partial charge is 0.350 e. The minimum absolute atomic E-state index is 0.139. The van der Waals surface area contributed by atoms with Crippen LogP contribution < -0.4 is 0 Å². The van der Waals surface area contributed by atoms with Gasteiger partial charge in [0.2, 0.25) is 0 Å². The normalized spacial score (nSPS) is 19.1. The van der Waals surface area contributed by atoms with Crippen LogP contribution in [0.15, 0.2) is 30.5 Å². The molecule has 0 aliphatic carbocycles. The predicted octanol–water partition coefficient (Wildman–Crippen LogP) is 3.77. The van der Waals surface area contributed by atoms with Gasteiger partial charge in [-0.15, -0.1) is 0 Å². The van der Waals surface area contributed by atoms with Crippen molar-refractivity contribution in [1.82, 2.24) is 14.7 Å². The molecule has 3 heterocycles. The number of piperidine rings is 1. The SMILES string of the molecule is O=C(c1cnn(-c2ccc(Cl)cc2)c1C(F)(F)F)N1CCC(C2OCCO2)CC1. The highest BCUT2D eigenvalue weighted by molar-refractivity contribution is 6.30. The van der Waals surface area contributed by atoms with Crippen molar-refractivity contribution in [3.63, 3.8) is 0 Å². The fraction of sp³-hybridized carbons (Fsp3) is 0.474. The summed E-state index contributed by atoms with van der Waals surface area (Å²) >= 11 is 5.81. The lowest BCUT2D eigenvalue weighted by atomic mass is 9.95. The van der Waals surface area contributed by atoms with Gasteiger partial charge >= 0.3 is 6.18 Å². The minimum atomic E-state index is -4.75. The minimum Gasteiger partial charge on any atom is -0.350 e. The topological polar surface area (TPSA) is 56.6 Å². The highest BCUT2D eigenvalue weighted by Crippen LogP contribution is 2.35. The third kappa shape index (κ3) is 4.12. The molecule has 0 radical (unpaired) electrons. The zero-order valence-corrected chi connectivity index (χ0v) is 16.1. The lowest BCUT2D eigenvalue weighted by Crippen LogP contribution is -2.42. The summed E-state index contributed by atoms with van der Waals surface area (Å²) in [7, 11) is 0. The maximum Gasteiger partial charge on any atom is 0.434 e. The number of hydrogen-bond donors (Lipinski definition) is 0. The third-order valence-electron chi connectivity index (χ3n) is 5.20. The van der Waals surface area contributed by atoms with E-state index in [0.29, 0.717) is 44.2 Å². The lowest BCUT2D eigenvalue weighted by molar-refractivity contribution is -0.143. The summed E-state index contributed by atoms with van der Waals surface area (Å²) < 4.78 is 53.2. The molecular weight excluding hydrogens is 411 g/mol. The Morgan fingerprint density at radius 3 is 2.31 bits per heavy atom. The van der Waals surface area contributed by atoms with Gasteiger partial charge in [0.05, 0.1) is 30.7 Å². The molecule has 4 rings (SSSR count). The van der Waals surface area contributed by atoms with Crippen LogP contribution in [-0.2, 0) is 15.7 Å². The molecule has 0 bridgehead atoms. The van der Waals surface area contributed by atoms with Crippen molar-refractivity contribution in [1.29, 1.82) is 0 Å². The van der Waals surface area contributed by atoms with E-state index in [0.717, 1.165) is 10.9 Å². The molecule has 0 saturated carbocycles. The van der Waals surface area contributed by atoms with Crippen LogP contribution in [-0.4, -0.2) is 53.2 Å². The van der Waals surface area contributed by atoms with Crippen LogP contribution in [0.25, 0.3) is 5.69 Å². The van der Waals surface area contributed by atoms with E-state index in [1.165, 1.54) is 29.2 Å². The zero-order valence-electron chi connectivity index (χ0n) is 15.4. The molecule has 0 N–H and O–H groups in total. The number of likely N-dealkylation sites (tertiary alicyclic amines) is 1. The van der Waals surface area contributed by atoms with Gasteiger partial charge in [0.25, 0.3) is 5.91 Å². The van der Waals surface area contributed by atoms with Crippen molar-refractivity contribution in [2.75, 3.05) is 26.3 Å². The van der Waals surface area contributed by atoms with Crippen LogP contribution in [0, 0.1) is 5.92 Å². The Labute approximate surface area is 170 Å². The molecule has 6 nitrogen and oxygen atoms in total. The molecule has 1 aromatic carbocycles. The first-order valence-electron chi connectivity index (χ1n) is 9.28. The molecule has 0 unspecified atom stereocenters. The number of ether oxygens (including phenoxy) is 2. The molecule has 2 saturated heterocycles. The number of hydrogen-bond acceptors (Lipinski definition) is 4. The monoisotopic (exact) mass is 429 g/mol. The number of amides is 1. The van der Waals surface area contributed by atoms with Crippen LogP contribution >= 0.6 is 11.6 Å². The molecule has 2 aliphatic heterocycles. The van der Waals surface area contributed by atoms with E-state index >= 15 is 0 Å². The van der Waals surface area contributed by atoms with Crippen LogP contribution in [0.5, 0.6) is 0 Å². The summed E-state index contributed by atoms with van der Waals surface area (Å²) in [5.41, 5.74) is -1.37. The summed E-state index contributed by atoms with van der Waals surface area (Å²) in [5, 5.41) is 4.23. The van der Waals surface area contributed by atoms with Gasteiger partial charge in [0.1, 0.15) is 0 Å². The number of alkyl halides is 3. The fourth-order valence-electron chi connectivity index (χ4n) is 3.75. The predicted molar refractivity (Wildman–Crippen MR) is 97.9 cm³/mol. The van der Waals surface area contributed by atoms with Crippen molar-refractivity contribution in [2.45, 2.75) is 25.3 Å². The molecule has 1 aromatic heterocycles. The van der Waals surface area contributed by atoms with Crippen molar-refractivity contribution in [2.24, 2.45) is 5.92 Å². The molecule has 156 valence electrons. The third-order valence-corrected chi connectivity index (χ3v) is 5.45. The van der Waals surface area contributed by atoms with E-state index in [1.54, 1.807) is 0 Å². The molecule has 0 atom stereocenters. The molecule has 29 heavy (non-hydrogen) atoms. The highest BCUT2D eigenvalue weighted by atomic mass is 35.5. The second-order valence-electron chi connectivity index (χ2n) is 7.03. The molecule has 1 amide bonds. The first-order chi connectivity index (χ1) is 13.8. The second-order valence-corrected chi connectivity index (χ2v) is 7.47. The largest absolute Gasteiger partial charge is 0.434 e. The Kier molecular flexibility index (Phi) is 5.54. The van der Waals surface area contributed by atoms with Gasteiger partial charge in [0, 0.05) is 24.0 Å². The zero-order chi connectivity index (χ0) is 20.6. The Morgan fingerprint density at radius 1 is 1.10 bits per heavy atom. The molecule has 2 fully saturated rings. The molecular formula is C19H19ClF3N3O3. The van der Waals surface area contributed by atoms with Gasteiger partial charge in [-0.05, 0) is 37.1 Å². The quantitative estimate of drug-likeness (QED) is 0.745. The van der Waals surface area contributed by atoms with Crippen molar-refractivity contribution in [3.05, 3.63) is 46.7 Å². The summed E-state index contributed by atoms with van der Waals surface area (Å²) in [6, 6.07) is 5.79. The van der Waals surface area contributed by atoms with E-state index in [-0.39, 0.29) is 17.9 Å². The van der Waals surface area contributed by atoms with Crippen LogP contribution in [0.3, 0.4) is 0 Å². The second kappa shape index (κ2) is 7.97. The first kappa shape index (κ1) is 20.2. The Balaban J connectivity index is 1.56. The molecule has 10 heteroatoms. The number of nitrogens with zero attached hydrogens (tertiary/aromatic N) is 3. The summed E-state index contributed by atoms with van der Waals surface area (Å²) in [4.78, 5) is 14.3. The first-order valence-corrected chi connectivity index (χ1v) is 9.66. The standard InChI is InChI=1S/C19H19ClF3N3O3/c20-13-1-3-14(4-2-13)26-16(19(21,22)23)15(11-24-26)17(27)25-7-5-12(6-8-25)18-28-9-10-29-18/h1-4,11-12,18H,5-10H2. The van der Waals surface area contributed by atoms with E-state index in [2.05, 4.69) is 5.10 Å². The van der Waals surface area contributed by atoms with E-state index in [9.17, 15) is 18.0 Å². The Hall–Kier alpha value is -2.10. The van der Waals surface area contributed by atoms with Gasteiger partial charge in [0.15, 0.2) is 12.0 Å². The van der Waals surface area contributed by atoms with Crippen LogP contribution in [0.1, 0.15) is 28.9 Å². The van der Waals surface area contributed by atoms with Gasteiger partial charge in [-0.2, -0.15) is 18.3 Å². The number of carbonyl (C=O) groups is 1. The lowest BCUT2D eigenvalue weighted by Gasteiger charge is -2.33. The summed E-state index contributed by atoms with van der Waals surface area (Å²) in [6.45, 7) is 1.78. The Morgan fingerprint density at radius 2 is 1.72 bits per heavy atom. The van der Waals surface area contributed by atoms with E-state index in [4.69, 9.17) is 21.1 Å². The van der Waals surface area contributed by atoms with Crippen molar-refractivity contribution < 1.29 is 27.4 Å². The van der Waals surface area contributed by atoms with Crippen molar-refractivity contribution >= 4 is 17.5 Å². The van der Waals surface area contributed by atoms with Gasteiger partial charge in [-0.25, -0.2) is 4.68 Å². The molecule has 0 spiro atoms. The summed E-state index contributed by atoms with van der Waals surface area (Å²) in [6.07, 6.45) is -2.82. The molecule has 2 aliphatic rings. The number of halogens is 4. The van der Waals surface area contributed by atoms with Crippen LogP contribution in [0.4, 0.5) is 13.2 Å². The van der Waals surface area contributed by atoms with E-state index < -0.39 is 23.3 Å². The Bertz CT molecular complexity index is 871.